The van der Waals surface area contributed by atoms with Gasteiger partial charge in [0.15, 0.2) is 0 Å². The van der Waals surface area contributed by atoms with Gasteiger partial charge in [-0.1, -0.05) is 0 Å². The van der Waals surface area contributed by atoms with Crippen molar-refractivity contribution in [2.75, 3.05) is 5.75 Å². The molecule has 0 saturated carbocycles. The summed E-state index contributed by atoms with van der Waals surface area (Å²) in [5.41, 5.74) is 0. The van der Waals surface area contributed by atoms with Gasteiger partial charge in [-0.2, -0.15) is 13.2 Å². The highest BCUT2D eigenvalue weighted by Crippen LogP contribution is 2.26. The number of nitrogens with zero attached hydrogens (tertiary/aromatic N) is 1. The average Bonchev–Trinajstić information content (AvgIpc) is 2.02. The maximum atomic E-state index is 11.7. The van der Waals surface area contributed by atoms with Gasteiger partial charge in [0.1, 0.15) is 0 Å². The van der Waals surface area contributed by atoms with E-state index in [4.69, 9.17) is 0 Å². The molecule has 1 nitrogen and oxygen atoms in total. The van der Waals surface area contributed by atoms with Crippen LogP contribution in [-0.2, 0) is 0 Å². The fourth-order valence-corrected chi connectivity index (χ4v) is 1.24. The van der Waals surface area contributed by atoms with Crippen LogP contribution in [0.2, 0.25) is 0 Å². The highest BCUT2D eigenvalue weighted by atomic mass is 32.2. The van der Waals surface area contributed by atoms with E-state index in [1.165, 1.54) is 12.4 Å². The molecule has 0 atom stereocenters. The van der Waals surface area contributed by atoms with Crippen LogP contribution >= 0.6 is 11.8 Å². The van der Waals surface area contributed by atoms with Gasteiger partial charge in [-0.15, -0.1) is 11.8 Å². The highest BCUT2D eigenvalue weighted by molar-refractivity contribution is 7.99. The van der Waals surface area contributed by atoms with E-state index < -0.39 is 11.9 Å². The molecule has 0 aromatic carbocycles. The maximum absolute atomic E-state index is 11.7. The summed E-state index contributed by atoms with van der Waals surface area (Å²) in [5, 5.41) is 0. The minimum absolute atomic E-state index is 0.585. The van der Waals surface area contributed by atoms with E-state index in [0.717, 1.165) is 11.8 Å². The first-order valence-electron chi connectivity index (χ1n) is 3.17. The molecule has 0 fully saturated rings. The Bertz CT molecular complexity index is 234. The van der Waals surface area contributed by atoms with Gasteiger partial charge in [0, 0.05) is 17.3 Å². The van der Waals surface area contributed by atoms with Crippen molar-refractivity contribution >= 4 is 11.8 Å². The van der Waals surface area contributed by atoms with E-state index in [-0.39, 0.29) is 0 Å². The molecule has 1 aromatic heterocycles. The lowest BCUT2D eigenvalue weighted by molar-refractivity contribution is -0.105. The summed E-state index contributed by atoms with van der Waals surface area (Å²) in [5.74, 6) is -0.850. The number of thioether (sulfide) groups is 1. The number of pyridine rings is 1. The Kier molecular flexibility index (Phi) is 2.97. The van der Waals surface area contributed by atoms with Gasteiger partial charge < -0.3 is 0 Å². The number of aromatic nitrogens is 1. The molecule has 1 rings (SSSR count). The van der Waals surface area contributed by atoms with Gasteiger partial charge in [0.05, 0.1) is 5.75 Å². The van der Waals surface area contributed by atoms with Crippen LogP contribution in [0.4, 0.5) is 13.2 Å². The van der Waals surface area contributed by atoms with Crippen molar-refractivity contribution in [3.05, 3.63) is 24.5 Å². The Labute approximate surface area is 72.0 Å². The van der Waals surface area contributed by atoms with Crippen molar-refractivity contribution < 1.29 is 13.2 Å². The fourth-order valence-electron chi connectivity index (χ4n) is 0.600. The third kappa shape index (κ3) is 3.61. The van der Waals surface area contributed by atoms with Crippen LogP contribution in [0.5, 0.6) is 0 Å². The average molecular weight is 193 g/mol. The molecule has 0 spiro atoms. The van der Waals surface area contributed by atoms with Gasteiger partial charge in [0.25, 0.3) is 0 Å². The van der Waals surface area contributed by atoms with Crippen molar-refractivity contribution in [1.29, 1.82) is 0 Å². The number of hydrogen-bond donors (Lipinski definition) is 0. The summed E-state index contributed by atoms with van der Waals surface area (Å²) in [6.45, 7) is 0. The predicted octanol–water partition coefficient (Wildman–Crippen LogP) is 2.74. The normalized spacial score (nSPS) is 11.6. The van der Waals surface area contributed by atoms with Crippen molar-refractivity contribution in [2.45, 2.75) is 11.1 Å². The molecule has 1 aromatic rings. The summed E-state index contributed by atoms with van der Waals surface area (Å²) < 4.78 is 35.1. The summed E-state index contributed by atoms with van der Waals surface area (Å²) in [6, 6.07) is 3.10. The quantitative estimate of drug-likeness (QED) is 0.670. The second-order valence-corrected chi connectivity index (χ2v) is 3.14. The van der Waals surface area contributed by atoms with E-state index >= 15 is 0 Å². The maximum Gasteiger partial charge on any atom is 0.398 e. The first kappa shape index (κ1) is 9.38. The second kappa shape index (κ2) is 3.80. The van der Waals surface area contributed by atoms with Gasteiger partial charge in [-0.3, -0.25) is 4.98 Å². The van der Waals surface area contributed by atoms with E-state index in [1.54, 1.807) is 12.1 Å². The lowest BCUT2D eigenvalue weighted by Gasteiger charge is -2.04. The Morgan fingerprint density at radius 2 is 1.83 bits per heavy atom. The van der Waals surface area contributed by atoms with Crippen LogP contribution in [-0.4, -0.2) is 16.9 Å². The Morgan fingerprint density at radius 3 is 2.33 bits per heavy atom. The van der Waals surface area contributed by atoms with E-state index in [0.29, 0.717) is 4.90 Å². The minimum Gasteiger partial charge on any atom is -0.265 e. The highest BCUT2D eigenvalue weighted by Gasteiger charge is 2.26. The molecule has 0 aliphatic carbocycles. The first-order chi connectivity index (χ1) is 5.58. The van der Waals surface area contributed by atoms with Crippen molar-refractivity contribution in [2.24, 2.45) is 0 Å². The number of halogens is 3. The molecule has 0 bridgehead atoms. The Morgan fingerprint density at radius 1 is 1.25 bits per heavy atom. The lowest BCUT2D eigenvalue weighted by atomic mass is 10.5. The monoisotopic (exact) mass is 193 g/mol. The SMILES string of the molecule is FC(F)(F)CSc1ccncc1. The van der Waals surface area contributed by atoms with Crippen LogP contribution in [0.25, 0.3) is 0 Å². The molecule has 0 saturated heterocycles. The first-order valence-corrected chi connectivity index (χ1v) is 4.16. The molecule has 12 heavy (non-hydrogen) atoms. The molecule has 0 aliphatic rings. The lowest BCUT2D eigenvalue weighted by Crippen LogP contribution is -2.10. The molecule has 0 N–H and O–H groups in total. The van der Waals surface area contributed by atoms with E-state index in [2.05, 4.69) is 4.98 Å². The number of alkyl halides is 3. The molecule has 5 heteroatoms. The van der Waals surface area contributed by atoms with Crippen LogP contribution in [0, 0.1) is 0 Å². The molecule has 0 aliphatic heterocycles. The smallest absolute Gasteiger partial charge is 0.265 e. The van der Waals surface area contributed by atoms with Crippen LogP contribution in [0.3, 0.4) is 0 Å². The van der Waals surface area contributed by atoms with Gasteiger partial charge in [-0.25, -0.2) is 0 Å². The third-order valence-corrected chi connectivity index (χ3v) is 2.13. The van der Waals surface area contributed by atoms with Gasteiger partial charge in [0.2, 0.25) is 0 Å². The Balaban J connectivity index is 2.44. The predicted molar refractivity (Wildman–Crippen MR) is 41.0 cm³/mol. The number of rotatable bonds is 2. The topological polar surface area (TPSA) is 12.9 Å². The molecule has 1 heterocycles. The summed E-state index contributed by atoms with van der Waals surface area (Å²) >= 11 is 0.762. The van der Waals surface area contributed by atoms with Crippen molar-refractivity contribution in [3.63, 3.8) is 0 Å². The van der Waals surface area contributed by atoms with Gasteiger partial charge in [-0.05, 0) is 12.1 Å². The van der Waals surface area contributed by atoms with Crippen LogP contribution in [0.1, 0.15) is 0 Å². The zero-order chi connectivity index (χ0) is 9.03. The molecular formula is C7H6F3NS. The summed E-state index contributed by atoms with van der Waals surface area (Å²) in [7, 11) is 0. The van der Waals surface area contributed by atoms with Gasteiger partial charge >= 0.3 is 6.18 Å². The van der Waals surface area contributed by atoms with Crippen LogP contribution in [0.15, 0.2) is 29.4 Å². The third-order valence-electron chi connectivity index (χ3n) is 1.05. The second-order valence-electron chi connectivity index (χ2n) is 2.09. The molecule has 0 unspecified atom stereocenters. The summed E-state index contributed by atoms with van der Waals surface area (Å²) in [6.07, 6.45) is -1.16. The molecule has 66 valence electrons. The number of hydrogen-bond acceptors (Lipinski definition) is 2. The van der Waals surface area contributed by atoms with Crippen LogP contribution < -0.4 is 0 Å². The molecule has 0 amide bonds. The van der Waals surface area contributed by atoms with Crippen molar-refractivity contribution in [1.82, 2.24) is 4.98 Å². The molecule has 0 radical (unpaired) electrons. The fraction of sp³-hybridized carbons (Fsp3) is 0.286. The van der Waals surface area contributed by atoms with Crippen molar-refractivity contribution in [3.8, 4) is 0 Å². The summed E-state index contributed by atoms with van der Waals surface area (Å²) in [4.78, 5) is 4.28. The van der Waals surface area contributed by atoms with E-state index in [9.17, 15) is 13.2 Å². The molecular weight excluding hydrogens is 187 g/mol. The van der Waals surface area contributed by atoms with E-state index in [1.807, 2.05) is 0 Å². The zero-order valence-electron chi connectivity index (χ0n) is 6.01. The minimum atomic E-state index is -4.10. The standard InChI is InChI=1S/C7H6F3NS/c8-7(9,10)5-12-6-1-3-11-4-2-6/h1-4H,5H2. The Hall–Kier alpha value is -0.710. The largest absolute Gasteiger partial charge is 0.398 e. The zero-order valence-corrected chi connectivity index (χ0v) is 6.82.